The summed E-state index contributed by atoms with van der Waals surface area (Å²) >= 11 is 0. The van der Waals surface area contributed by atoms with E-state index >= 15 is 0 Å². The minimum Gasteiger partial charge on any atom is -0.360 e. The molecule has 1 aliphatic rings. The van der Waals surface area contributed by atoms with Crippen LogP contribution in [0.15, 0.2) is 10.6 Å². The van der Waals surface area contributed by atoms with E-state index in [0.717, 1.165) is 31.7 Å². The van der Waals surface area contributed by atoms with Crippen LogP contribution < -0.4 is 10.6 Å². The first-order valence-electron chi connectivity index (χ1n) is 5.76. The van der Waals surface area contributed by atoms with E-state index in [2.05, 4.69) is 15.8 Å². The van der Waals surface area contributed by atoms with E-state index in [4.69, 9.17) is 4.52 Å². The molecular weight excluding hydrogens is 242 g/mol. The molecule has 17 heavy (non-hydrogen) atoms. The first-order chi connectivity index (χ1) is 7.81. The van der Waals surface area contributed by atoms with Crippen molar-refractivity contribution in [2.75, 3.05) is 19.6 Å². The zero-order chi connectivity index (χ0) is 11.4. The normalized spacial score (nSPS) is 14.2. The van der Waals surface area contributed by atoms with Gasteiger partial charge in [0.2, 0.25) is 0 Å². The Morgan fingerprint density at radius 2 is 2.29 bits per heavy atom. The zero-order valence-electron chi connectivity index (χ0n) is 9.86. The van der Waals surface area contributed by atoms with Gasteiger partial charge in [0.15, 0.2) is 5.69 Å². The molecule has 6 heteroatoms. The monoisotopic (exact) mass is 259 g/mol. The predicted molar refractivity (Wildman–Crippen MR) is 66.6 cm³/mol. The van der Waals surface area contributed by atoms with E-state index < -0.39 is 0 Å². The lowest BCUT2D eigenvalue weighted by Crippen LogP contribution is -2.31. The number of hydrogen-bond acceptors (Lipinski definition) is 4. The molecule has 0 saturated heterocycles. The Balaban J connectivity index is 0.00000144. The Labute approximate surface area is 107 Å². The number of nitrogens with zero attached hydrogens (tertiary/aromatic N) is 1. The van der Waals surface area contributed by atoms with Crippen LogP contribution in [-0.2, 0) is 0 Å². The summed E-state index contributed by atoms with van der Waals surface area (Å²) in [7, 11) is 0. The largest absolute Gasteiger partial charge is 0.360 e. The fourth-order valence-electron chi connectivity index (χ4n) is 1.49. The molecule has 1 heterocycles. The smallest absolute Gasteiger partial charge is 0.273 e. The highest BCUT2D eigenvalue weighted by atomic mass is 35.5. The highest BCUT2D eigenvalue weighted by Gasteiger charge is 2.28. The number of hydrogen-bond donors (Lipinski definition) is 2. The van der Waals surface area contributed by atoms with Crippen molar-refractivity contribution in [2.24, 2.45) is 0 Å². The summed E-state index contributed by atoms with van der Waals surface area (Å²) in [4.78, 5) is 11.6. The number of amides is 1. The summed E-state index contributed by atoms with van der Waals surface area (Å²) in [5.41, 5.74) is 0.387. The Morgan fingerprint density at radius 3 is 2.94 bits per heavy atom. The molecule has 0 atom stereocenters. The van der Waals surface area contributed by atoms with Gasteiger partial charge in [0.1, 0.15) is 5.76 Å². The van der Waals surface area contributed by atoms with Gasteiger partial charge in [-0.1, -0.05) is 12.1 Å². The van der Waals surface area contributed by atoms with Gasteiger partial charge in [-0.2, -0.15) is 0 Å². The van der Waals surface area contributed by atoms with Crippen molar-refractivity contribution in [1.29, 1.82) is 0 Å². The number of likely N-dealkylation sites (N-methyl/N-ethyl adjacent to an activating group) is 1. The summed E-state index contributed by atoms with van der Waals surface area (Å²) in [5, 5.41) is 9.68. The van der Waals surface area contributed by atoms with Crippen LogP contribution in [0.4, 0.5) is 0 Å². The lowest BCUT2D eigenvalue weighted by atomic mass is 10.3. The zero-order valence-corrected chi connectivity index (χ0v) is 10.7. The highest BCUT2D eigenvalue weighted by Crippen LogP contribution is 2.40. The average molecular weight is 260 g/mol. The summed E-state index contributed by atoms with van der Waals surface area (Å²) < 4.78 is 5.11. The second-order valence-electron chi connectivity index (χ2n) is 4.00. The molecule has 0 bridgehead atoms. The van der Waals surface area contributed by atoms with Crippen molar-refractivity contribution in [1.82, 2.24) is 15.8 Å². The number of halogens is 1. The Morgan fingerprint density at radius 1 is 1.53 bits per heavy atom. The van der Waals surface area contributed by atoms with Gasteiger partial charge in [-0.3, -0.25) is 4.79 Å². The fourth-order valence-corrected chi connectivity index (χ4v) is 1.49. The van der Waals surface area contributed by atoms with Crippen molar-refractivity contribution in [3.8, 4) is 0 Å². The third-order valence-corrected chi connectivity index (χ3v) is 2.58. The summed E-state index contributed by atoms with van der Waals surface area (Å²) in [6.07, 6.45) is 2.30. The van der Waals surface area contributed by atoms with Crippen LogP contribution in [0.2, 0.25) is 0 Å². The summed E-state index contributed by atoms with van der Waals surface area (Å²) in [5.74, 6) is 1.18. The average Bonchev–Trinajstić information content (AvgIpc) is 3.02. The predicted octanol–water partition coefficient (Wildman–Crippen LogP) is 1.31. The fraction of sp³-hybridized carbons (Fsp3) is 0.636. The van der Waals surface area contributed by atoms with Crippen LogP contribution >= 0.6 is 12.4 Å². The molecule has 1 amide bonds. The van der Waals surface area contributed by atoms with Crippen molar-refractivity contribution >= 4 is 18.3 Å². The van der Waals surface area contributed by atoms with E-state index in [-0.39, 0.29) is 18.3 Å². The molecule has 0 unspecified atom stereocenters. The second-order valence-corrected chi connectivity index (χ2v) is 4.00. The van der Waals surface area contributed by atoms with Gasteiger partial charge in [0, 0.05) is 25.1 Å². The minimum atomic E-state index is -0.159. The third kappa shape index (κ3) is 4.02. The van der Waals surface area contributed by atoms with Gasteiger partial charge in [-0.15, -0.1) is 12.4 Å². The van der Waals surface area contributed by atoms with E-state index in [1.165, 1.54) is 0 Å². The highest BCUT2D eigenvalue weighted by molar-refractivity contribution is 5.92. The van der Waals surface area contributed by atoms with Gasteiger partial charge in [-0.25, -0.2) is 0 Å². The first kappa shape index (κ1) is 14.0. The molecule has 0 aliphatic heterocycles. The summed E-state index contributed by atoms with van der Waals surface area (Å²) in [6, 6.07) is 1.75. The van der Waals surface area contributed by atoms with Gasteiger partial charge in [0.25, 0.3) is 5.91 Å². The Hall–Kier alpha value is -1.07. The lowest BCUT2D eigenvalue weighted by molar-refractivity contribution is 0.0945. The third-order valence-electron chi connectivity index (χ3n) is 2.58. The Bertz CT molecular complexity index is 363. The molecule has 0 radical (unpaired) electrons. The maximum absolute atomic E-state index is 11.6. The van der Waals surface area contributed by atoms with Crippen molar-refractivity contribution in [3.05, 3.63) is 17.5 Å². The van der Waals surface area contributed by atoms with Crippen LogP contribution in [0.5, 0.6) is 0 Å². The van der Waals surface area contributed by atoms with Crippen LogP contribution in [0, 0.1) is 0 Å². The standard InChI is InChI=1S/C11H17N3O2.ClH/c1-2-12-5-6-13-11(15)9-7-10(16-14-9)8-3-4-8;/h7-8,12H,2-6H2,1H3,(H,13,15);1H. The molecule has 1 aliphatic carbocycles. The molecule has 1 aromatic heterocycles. The van der Waals surface area contributed by atoms with Gasteiger partial charge >= 0.3 is 0 Å². The minimum absolute atomic E-state index is 0. The SMILES string of the molecule is CCNCCNC(=O)c1cc(C2CC2)on1.Cl. The van der Waals surface area contributed by atoms with Crippen LogP contribution in [0.1, 0.15) is 41.9 Å². The van der Waals surface area contributed by atoms with Gasteiger partial charge < -0.3 is 15.2 Å². The maximum Gasteiger partial charge on any atom is 0.273 e. The molecule has 0 aromatic carbocycles. The van der Waals surface area contributed by atoms with Crippen molar-refractivity contribution in [2.45, 2.75) is 25.7 Å². The van der Waals surface area contributed by atoms with Crippen LogP contribution in [-0.4, -0.2) is 30.7 Å². The molecule has 0 spiro atoms. The number of carbonyl (C=O) groups excluding carboxylic acids is 1. The molecule has 5 nitrogen and oxygen atoms in total. The van der Waals surface area contributed by atoms with E-state index in [1.54, 1.807) is 6.07 Å². The molecular formula is C11H18ClN3O2. The van der Waals surface area contributed by atoms with Crippen LogP contribution in [0.3, 0.4) is 0 Å². The maximum atomic E-state index is 11.6. The molecule has 1 saturated carbocycles. The topological polar surface area (TPSA) is 67.2 Å². The molecule has 96 valence electrons. The van der Waals surface area contributed by atoms with Crippen molar-refractivity contribution < 1.29 is 9.32 Å². The van der Waals surface area contributed by atoms with E-state index in [0.29, 0.717) is 18.2 Å². The van der Waals surface area contributed by atoms with Gasteiger partial charge in [-0.05, 0) is 19.4 Å². The van der Waals surface area contributed by atoms with E-state index in [1.807, 2.05) is 6.92 Å². The second kappa shape index (κ2) is 6.61. The van der Waals surface area contributed by atoms with Crippen LogP contribution in [0.25, 0.3) is 0 Å². The quantitative estimate of drug-likeness (QED) is 0.756. The number of carbonyl (C=O) groups is 1. The molecule has 2 rings (SSSR count). The molecule has 1 aromatic rings. The van der Waals surface area contributed by atoms with Crippen molar-refractivity contribution in [3.63, 3.8) is 0 Å². The molecule has 1 fully saturated rings. The Kier molecular flexibility index (Phi) is 5.44. The number of rotatable bonds is 6. The summed E-state index contributed by atoms with van der Waals surface area (Å²) in [6.45, 7) is 4.32. The number of nitrogens with one attached hydrogen (secondary N) is 2. The van der Waals surface area contributed by atoms with E-state index in [9.17, 15) is 4.79 Å². The molecule has 2 N–H and O–H groups in total. The lowest BCUT2D eigenvalue weighted by Gasteiger charge is -2.02. The first-order valence-corrected chi connectivity index (χ1v) is 5.76. The van der Waals surface area contributed by atoms with Gasteiger partial charge in [0.05, 0.1) is 0 Å². The number of aromatic nitrogens is 1.